The standard InChI is InChI=1S/C14H16N4O3/c1-2-14(7-8-15-9-14)13-16-12(17-21-13)10-5-3-4-6-11(10)18(19)20/h3-6,15H,2,7-9H2,1H3. The molecule has 21 heavy (non-hydrogen) atoms. The van der Waals surface area contributed by atoms with Gasteiger partial charge in [-0.15, -0.1) is 0 Å². The summed E-state index contributed by atoms with van der Waals surface area (Å²) in [6, 6.07) is 6.43. The van der Waals surface area contributed by atoms with Gasteiger partial charge in [-0.3, -0.25) is 10.1 Å². The van der Waals surface area contributed by atoms with E-state index in [1.165, 1.54) is 6.07 Å². The zero-order valence-corrected chi connectivity index (χ0v) is 11.7. The van der Waals surface area contributed by atoms with E-state index in [1.807, 2.05) is 0 Å². The summed E-state index contributed by atoms with van der Waals surface area (Å²) in [5, 5.41) is 18.3. The van der Waals surface area contributed by atoms with Gasteiger partial charge in [0.25, 0.3) is 5.69 Å². The molecule has 1 atom stereocenters. The summed E-state index contributed by atoms with van der Waals surface area (Å²) in [4.78, 5) is 15.1. The lowest BCUT2D eigenvalue weighted by Crippen LogP contribution is -2.28. The minimum absolute atomic E-state index is 0.0139. The molecule has 0 amide bonds. The monoisotopic (exact) mass is 288 g/mol. The van der Waals surface area contributed by atoms with E-state index in [0.29, 0.717) is 11.5 Å². The maximum atomic E-state index is 11.1. The minimum Gasteiger partial charge on any atom is -0.338 e. The SMILES string of the molecule is CCC1(c2nc(-c3ccccc3[N+](=O)[O-])no2)CCNC1. The van der Waals surface area contributed by atoms with Gasteiger partial charge < -0.3 is 9.84 Å². The largest absolute Gasteiger partial charge is 0.338 e. The molecule has 1 saturated heterocycles. The van der Waals surface area contributed by atoms with Crippen molar-refractivity contribution >= 4 is 5.69 Å². The van der Waals surface area contributed by atoms with Gasteiger partial charge in [0, 0.05) is 12.6 Å². The van der Waals surface area contributed by atoms with E-state index in [1.54, 1.807) is 18.2 Å². The van der Waals surface area contributed by atoms with Crippen LogP contribution in [0.2, 0.25) is 0 Å². The summed E-state index contributed by atoms with van der Waals surface area (Å²) in [7, 11) is 0. The molecule has 1 aromatic carbocycles. The first kappa shape index (κ1) is 13.7. The van der Waals surface area contributed by atoms with Crippen molar-refractivity contribution in [2.45, 2.75) is 25.2 Å². The second-order valence-corrected chi connectivity index (χ2v) is 5.26. The fourth-order valence-electron chi connectivity index (χ4n) is 2.75. The first-order valence-electron chi connectivity index (χ1n) is 6.95. The number of nitro groups is 1. The molecule has 1 aliphatic heterocycles. The van der Waals surface area contributed by atoms with Gasteiger partial charge in [-0.1, -0.05) is 24.2 Å². The number of aromatic nitrogens is 2. The maximum absolute atomic E-state index is 11.1. The lowest BCUT2D eigenvalue weighted by Gasteiger charge is -2.20. The molecule has 1 N–H and O–H groups in total. The van der Waals surface area contributed by atoms with Crippen LogP contribution in [0.15, 0.2) is 28.8 Å². The molecule has 3 rings (SSSR count). The molecule has 1 fully saturated rings. The van der Waals surface area contributed by atoms with Crippen molar-refractivity contribution in [2.75, 3.05) is 13.1 Å². The van der Waals surface area contributed by atoms with E-state index in [-0.39, 0.29) is 16.9 Å². The van der Waals surface area contributed by atoms with Crippen molar-refractivity contribution in [3.05, 3.63) is 40.3 Å². The quantitative estimate of drug-likeness (QED) is 0.685. The van der Waals surface area contributed by atoms with Crippen molar-refractivity contribution < 1.29 is 9.45 Å². The van der Waals surface area contributed by atoms with Crippen LogP contribution in [0.25, 0.3) is 11.4 Å². The van der Waals surface area contributed by atoms with Crippen molar-refractivity contribution in [2.24, 2.45) is 0 Å². The number of benzene rings is 1. The highest BCUT2D eigenvalue weighted by atomic mass is 16.6. The molecule has 2 aromatic rings. The molecule has 2 heterocycles. The van der Waals surface area contributed by atoms with Crippen LogP contribution in [0.4, 0.5) is 5.69 Å². The van der Waals surface area contributed by atoms with Crippen LogP contribution in [0.3, 0.4) is 0 Å². The Bertz CT molecular complexity index is 662. The molecular weight excluding hydrogens is 272 g/mol. The first-order chi connectivity index (χ1) is 10.2. The van der Waals surface area contributed by atoms with Crippen LogP contribution < -0.4 is 5.32 Å². The molecular formula is C14H16N4O3. The molecule has 110 valence electrons. The number of para-hydroxylation sites is 1. The van der Waals surface area contributed by atoms with E-state index in [4.69, 9.17) is 4.52 Å². The van der Waals surface area contributed by atoms with Gasteiger partial charge in [0.15, 0.2) is 0 Å². The number of nitrogens with zero attached hydrogens (tertiary/aromatic N) is 3. The highest BCUT2D eigenvalue weighted by Crippen LogP contribution is 2.35. The molecule has 0 aliphatic carbocycles. The lowest BCUT2D eigenvalue weighted by molar-refractivity contribution is -0.384. The van der Waals surface area contributed by atoms with Crippen LogP contribution in [0.1, 0.15) is 25.7 Å². The summed E-state index contributed by atoms with van der Waals surface area (Å²) < 4.78 is 5.41. The van der Waals surface area contributed by atoms with Gasteiger partial charge in [0.1, 0.15) is 5.56 Å². The predicted octanol–water partition coefficient (Wildman–Crippen LogP) is 2.29. The summed E-state index contributed by atoms with van der Waals surface area (Å²) in [6.07, 6.45) is 1.82. The fourth-order valence-corrected chi connectivity index (χ4v) is 2.75. The van der Waals surface area contributed by atoms with Gasteiger partial charge in [-0.05, 0) is 25.5 Å². The molecule has 1 aliphatic rings. The lowest BCUT2D eigenvalue weighted by atomic mass is 9.84. The topological polar surface area (TPSA) is 94.1 Å². The minimum atomic E-state index is -0.432. The molecule has 0 radical (unpaired) electrons. The van der Waals surface area contributed by atoms with Crippen molar-refractivity contribution in [3.63, 3.8) is 0 Å². The van der Waals surface area contributed by atoms with E-state index in [0.717, 1.165) is 25.9 Å². The number of hydrogen-bond acceptors (Lipinski definition) is 6. The predicted molar refractivity (Wildman–Crippen MR) is 75.8 cm³/mol. The number of nitrogens with one attached hydrogen (secondary N) is 1. The zero-order valence-electron chi connectivity index (χ0n) is 11.7. The fraction of sp³-hybridized carbons (Fsp3) is 0.429. The van der Waals surface area contributed by atoms with E-state index >= 15 is 0 Å². The highest BCUT2D eigenvalue weighted by molar-refractivity contribution is 5.67. The Kier molecular flexibility index (Phi) is 3.42. The Morgan fingerprint density at radius 3 is 2.95 bits per heavy atom. The van der Waals surface area contributed by atoms with E-state index < -0.39 is 4.92 Å². The van der Waals surface area contributed by atoms with Crippen molar-refractivity contribution in [1.82, 2.24) is 15.5 Å². The van der Waals surface area contributed by atoms with Crippen molar-refractivity contribution in [1.29, 1.82) is 0 Å². The number of nitro benzene ring substituents is 1. The second-order valence-electron chi connectivity index (χ2n) is 5.26. The molecule has 7 heteroatoms. The molecule has 0 spiro atoms. The summed E-state index contributed by atoms with van der Waals surface area (Å²) >= 11 is 0. The number of rotatable bonds is 4. The van der Waals surface area contributed by atoms with Crippen molar-refractivity contribution in [3.8, 4) is 11.4 Å². The zero-order chi connectivity index (χ0) is 14.9. The Hall–Kier alpha value is -2.28. The molecule has 0 saturated carbocycles. The van der Waals surface area contributed by atoms with Gasteiger partial charge in [0.05, 0.1) is 10.3 Å². The smallest absolute Gasteiger partial charge is 0.280 e. The third kappa shape index (κ3) is 2.29. The summed E-state index contributed by atoms with van der Waals surface area (Å²) in [5.74, 6) is 0.833. The van der Waals surface area contributed by atoms with Gasteiger partial charge in [0.2, 0.25) is 11.7 Å². The van der Waals surface area contributed by atoms with Crippen LogP contribution >= 0.6 is 0 Å². The molecule has 0 bridgehead atoms. The third-order valence-corrected chi connectivity index (χ3v) is 4.14. The second kappa shape index (κ2) is 5.25. The molecule has 1 aromatic heterocycles. The Morgan fingerprint density at radius 2 is 2.29 bits per heavy atom. The highest BCUT2D eigenvalue weighted by Gasteiger charge is 2.39. The summed E-state index contributed by atoms with van der Waals surface area (Å²) in [5.41, 5.74) is 0.212. The first-order valence-corrected chi connectivity index (χ1v) is 6.95. The summed E-state index contributed by atoms with van der Waals surface area (Å²) in [6.45, 7) is 3.79. The Morgan fingerprint density at radius 1 is 1.48 bits per heavy atom. The van der Waals surface area contributed by atoms with Gasteiger partial charge >= 0.3 is 0 Å². The van der Waals surface area contributed by atoms with E-state index in [9.17, 15) is 10.1 Å². The van der Waals surface area contributed by atoms with Gasteiger partial charge in [-0.25, -0.2) is 0 Å². The number of hydrogen-bond donors (Lipinski definition) is 1. The van der Waals surface area contributed by atoms with Crippen LogP contribution in [-0.4, -0.2) is 28.2 Å². The van der Waals surface area contributed by atoms with Crippen LogP contribution in [-0.2, 0) is 5.41 Å². The Labute approximate surface area is 121 Å². The Balaban J connectivity index is 2.01. The van der Waals surface area contributed by atoms with Crippen LogP contribution in [0.5, 0.6) is 0 Å². The van der Waals surface area contributed by atoms with Gasteiger partial charge in [-0.2, -0.15) is 4.98 Å². The van der Waals surface area contributed by atoms with Crippen LogP contribution in [0, 0.1) is 10.1 Å². The average molecular weight is 288 g/mol. The maximum Gasteiger partial charge on any atom is 0.280 e. The average Bonchev–Trinajstić information content (AvgIpc) is 3.17. The normalized spacial score (nSPS) is 21.6. The third-order valence-electron chi connectivity index (χ3n) is 4.14. The molecule has 7 nitrogen and oxygen atoms in total. The molecule has 1 unspecified atom stereocenters. The van der Waals surface area contributed by atoms with E-state index in [2.05, 4.69) is 22.4 Å².